The molecule has 0 aliphatic heterocycles. The predicted molar refractivity (Wildman–Crippen MR) is 54.9 cm³/mol. The second kappa shape index (κ2) is 3.51. The van der Waals surface area contributed by atoms with E-state index in [4.69, 9.17) is 11.6 Å². The van der Waals surface area contributed by atoms with Gasteiger partial charge in [-0.1, -0.05) is 44.5 Å². The quantitative estimate of drug-likeness (QED) is 0.673. The SMILES string of the molecule is CC(C)(C)c1ccc([C]=O)cc1Cl. The first-order valence-electron chi connectivity index (χ1n) is 4.13. The zero-order valence-corrected chi connectivity index (χ0v) is 8.77. The van der Waals surface area contributed by atoms with E-state index in [2.05, 4.69) is 20.8 Å². The lowest BCUT2D eigenvalue weighted by Gasteiger charge is -2.20. The molecule has 1 aromatic rings. The Kier molecular flexibility index (Phi) is 2.77. The molecule has 0 bridgehead atoms. The maximum atomic E-state index is 10.3. The minimum Gasteiger partial charge on any atom is -0.285 e. The maximum Gasteiger partial charge on any atom is 0.233 e. The van der Waals surface area contributed by atoms with Crippen LogP contribution in [0.1, 0.15) is 31.9 Å². The van der Waals surface area contributed by atoms with Gasteiger partial charge >= 0.3 is 0 Å². The van der Waals surface area contributed by atoms with E-state index >= 15 is 0 Å². The summed E-state index contributed by atoms with van der Waals surface area (Å²) in [6, 6.07) is 5.26. The summed E-state index contributed by atoms with van der Waals surface area (Å²) in [6.07, 6.45) is 1.81. The first-order chi connectivity index (χ1) is 5.95. The van der Waals surface area contributed by atoms with Gasteiger partial charge in [-0.2, -0.15) is 0 Å². The number of rotatable bonds is 1. The molecule has 69 valence electrons. The summed E-state index contributed by atoms with van der Waals surface area (Å²) in [6.45, 7) is 6.25. The van der Waals surface area contributed by atoms with Crippen LogP contribution in [-0.2, 0) is 10.2 Å². The van der Waals surface area contributed by atoms with Crippen molar-refractivity contribution < 1.29 is 4.79 Å². The molecule has 1 rings (SSSR count). The van der Waals surface area contributed by atoms with E-state index in [-0.39, 0.29) is 5.41 Å². The summed E-state index contributed by atoms with van der Waals surface area (Å²) in [7, 11) is 0. The average molecular weight is 196 g/mol. The zero-order valence-electron chi connectivity index (χ0n) is 8.02. The summed E-state index contributed by atoms with van der Waals surface area (Å²) in [5.74, 6) is 0. The van der Waals surface area contributed by atoms with E-state index in [1.165, 1.54) is 0 Å². The lowest BCUT2D eigenvalue weighted by atomic mass is 9.86. The standard InChI is InChI=1S/C11H12ClO/c1-11(2,3)9-5-4-8(7-13)6-10(9)12/h4-6H,1-3H3. The average Bonchev–Trinajstić information content (AvgIpc) is 2.01. The fourth-order valence-corrected chi connectivity index (χ4v) is 1.65. The van der Waals surface area contributed by atoms with Crippen molar-refractivity contribution in [1.29, 1.82) is 0 Å². The van der Waals surface area contributed by atoms with Gasteiger partial charge in [0.1, 0.15) is 0 Å². The molecule has 1 nitrogen and oxygen atoms in total. The second-order valence-corrected chi connectivity index (χ2v) is 4.45. The van der Waals surface area contributed by atoms with Crippen molar-refractivity contribution >= 4 is 17.9 Å². The second-order valence-electron chi connectivity index (χ2n) is 4.05. The molecule has 2 heteroatoms. The van der Waals surface area contributed by atoms with Gasteiger partial charge in [-0.3, -0.25) is 4.79 Å². The Bertz CT molecular complexity index is 323. The van der Waals surface area contributed by atoms with E-state index in [9.17, 15) is 4.79 Å². The molecule has 0 spiro atoms. The molecule has 0 fully saturated rings. The van der Waals surface area contributed by atoms with Gasteiger partial charge in [0.25, 0.3) is 0 Å². The summed E-state index contributed by atoms with van der Waals surface area (Å²) in [5.41, 5.74) is 1.56. The molecule has 0 heterocycles. The lowest BCUT2D eigenvalue weighted by molar-refractivity contribution is 0.562. The van der Waals surface area contributed by atoms with E-state index < -0.39 is 0 Å². The van der Waals surface area contributed by atoms with Crippen LogP contribution >= 0.6 is 11.6 Å². The van der Waals surface area contributed by atoms with Gasteiger partial charge in [0.15, 0.2) is 0 Å². The lowest BCUT2D eigenvalue weighted by Crippen LogP contribution is -2.11. The van der Waals surface area contributed by atoms with Crippen LogP contribution in [0.25, 0.3) is 0 Å². The molecule has 0 aliphatic carbocycles. The third kappa shape index (κ3) is 2.31. The summed E-state index contributed by atoms with van der Waals surface area (Å²) in [5, 5.41) is 0.633. The molecule has 0 atom stereocenters. The Balaban J connectivity index is 3.20. The van der Waals surface area contributed by atoms with E-state index in [0.717, 1.165) is 5.56 Å². The van der Waals surface area contributed by atoms with Gasteiger partial charge in [0.2, 0.25) is 6.29 Å². The van der Waals surface area contributed by atoms with Crippen molar-refractivity contribution in [3.05, 3.63) is 34.3 Å². The molecule has 0 aromatic heterocycles. The van der Waals surface area contributed by atoms with Crippen molar-refractivity contribution in [3.8, 4) is 0 Å². The molecule has 0 saturated carbocycles. The van der Waals surface area contributed by atoms with Crippen LogP contribution in [0.5, 0.6) is 0 Å². The van der Waals surface area contributed by atoms with Crippen LogP contribution in [0.4, 0.5) is 0 Å². The predicted octanol–water partition coefficient (Wildman–Crippen LogP) is 3.10. The maximum absolute atomic E-state index is 10.3. The fourth-order valence-electron chi connectivity index (χ4n) is 1.19. The van der Waals surface area contributed by atoms with Crippen LogP contribution < -0.4 is 0 Å². The van der Waals surface area contributed by atoms with Crippen LogP contribution in [0, 0.1) is 0 Å². The fraction of sp³-hybridized carbons (Fsp3) is 0.364. The number of hydrogen-bond donors (Lipinski definition) is 0. The largest absolute Gasteiger partial charge is 0.285 e. The highest BCUT2D eigenvalue weighted by Gasteiger charge is 2.16. The highest BCUT2D eigenvalue weighted by molar-refractivity contribution is 6.31. The Morgan fingerprint density at radius 1 is 1.31 bits per heavy atom. The first kappa shape index (κ1) is 10.3. The molecule has 0 N–H and O–H groups in total. The van der Waals surface area contributed by atoms with Crippen molar-refractivity contribution in [3.63, 3.8) is 0 Å². The van der Waals surface area contributed by atoms with Gasteiger partial charge in [-0.05, 0) is 17.0 Å². The van der Waals surface area contributed by atoms with Crippen molar-refractivity contribution in [2.75, 3.05) is 0 Å². The van der Waals surface area contributed by atoms with E-state index in [0.29, 0.717) is 10.6 Å². The van der Waals surface area contributed by atoms with Crippen molar-refractivity contribution in [1.82, 2.24) is 0 Å². The molecule has 1 aromatic carbocycles. The molecule has 0 aliphatic rings. The number of benzene rings is 1. The Hall–Kier alpha value is -0.820. The molecule has 0 saturated heterocycles. The van der Waals surface area contributed by atoms with Crippen LogP contribution in [-0.4, -0.2) is 6.29 Å². The Morgan fingerprint density at radius 3 is 2.31 bits per heavy atom. The first-order valence-corrected chi connectivity index (χ1v) is 4.51. The minimum absolute atomic E-state index is 0.0124. The topological polar surface area (TPSA) is 17.1 Å². The number of hydrogen-bond acceptors (Lipinski definition) is 1. The summed E-state index contributed by atoms with van der Waals surface area (Å²) in [4.78, 5) is 10.3. The molecular formula is C11H12ClO. The Morgan fingerprint density at radius 2 is 1.92 bits per heavy atom. The van der Waals surface area contributed by atoms with Gasteiger partial charge in [-0.25, -0.2) is 0 Å². The van der Waals surface area contributed by atoms with Gasteiger partial charge in [-0.15, -0.1) is 0 Å². The molecule has 1 radical (unpaired) electrons. The van der Waals surface area contributed by atoms with Gasteiger partial charge in [0.05, 0.1) is 0 Å². The van der Waals surface area contributed by atoms with E-state index in [1.54, 1.807) is 12.1 Å². The Labute approximate surface area is 83.7 Å². The third-order valence-electron chi connectivity index (χ3n) is 1.89. The molecule has 13 heavy (non-hydrogen) atoms. The van der Waals surface area contributed by atoms with Crippen LogP contribution in [0.15, 0.2) is 18.2 Å². The van der Waals surface area contributed by atoms with Crippen LogP contribution in [0.3, 0.4) is 0 Å². The minimum atomic E-state index is 0.0124. The van der Waals surface area contributed by atoms with Gasteiger partial charge in [0, 0.05) is 10.6 Å². The highest BCUT2D eigenvalue weighted by atomic mass is 35.5. The molecular weight excluding hydrogens is 184 g/mol. The molecule has 0 amide bonds. The van der Waals surface area contributed by atoms with E-state index in [1.807, 2.05) is 12.4 Å². The summed E-state index contributed by atoms with van der Waals surface area (Å²) < 4.78 is 0. The monoisotopic (exact) mass is 195 g/mol. The highest BCUT2D eigenvalue weighted by Crippen LogP contribution is 2.29. The normalized spacial score (nSPS) is 11.4. The van der Waals surface area contributed by atoms with Crippen molar-refractivity contribution in [2.45, 2.75) is 26.2 Å². The summed E-state index contributed by atoms with van der Waals surface area (Å²) >= 11 is 6.01. The molecule has 0 unspecified atom stereocenters. The van der Waals surface area contributed by atoms with Gasteiger partial charge < -0.3 is 0 Å². The number of carbonyl (C=O) groups excluding carboxylic acids is 1. The third-order valence-corrected chi connectivity index (χ3v) is 2.21. The zero-order chi connectivity index (χ0) is 10.1. The number of halogens is 1. The smallest absolute Gasteiger partial charge is 0.233 e. The van der Waals surface area contributed by atoms with Crippen molar-refractivity contribution in [2.24, 2.45) is 0 Å². The van der Waals surface area contributed by atoms with Crippen LogP contribution in [0.2, 0.25) is 5.02 Å².